The monoisotopic (exact) mass is 284 g/mol. The van der Waals surface area contributed by atoms with Crippen molar-refractivity contribution in [2.75, 3.05) is 0 Å². The summed E-state index contributed by atoms with van der Waals surface area (Å²) in [4.78, 5) is 15.6. The quantitative estimate of drug-likeness (QED) is 0.801. The van der Waals surface area contributed by atoms with Crippen LogP contribution in [0.4, 0.5) is 4.39 Å². The molecule has 1 aromatic heterocycles. The summed E-state index contributed by atoms with van der Waals surface area (Å²) >= 11 is 0. The standard InChI is InChI=1S/C16H13FN2O2/c1-10(11-5-7-12(17)8-6-11)19-9-18-14-4-2-3-13(15(14)19)16(20)21/h2-10H,1H3,(H,20,21). The Morgan fingerprint density at radius 3 is 2.62 bits per heavy atom. The number of nitrogens with zero attached hydrogens (tertiary/aromatic N) is 2. The number of aromatic nitrogens is 2. The number of fused-ring (bicyclic) bond motifs is 1. The molecule has 1 atom stereocenters. The highest BCUT2D eigenvalue weighted by Gasteiger charge is 2.17. The molecule has 0 aliphatic rings. The van der Waals surface area contributed by atoms with Crippen molar-refractivity contribution in [3.63, 3.8) is 0 Å². The number of carboxylic acid groups (broad SMARTS) is 1. The van der Waals surface area contributed by atoms with E-state index in [4.69, 9.17) is 0 Å². The van der Waals surface area contributed by atoms with Crippen LogP contribution in [0.15, 0.2) is 48.8 Å². The van der Waals surface area contributed by atoms with Gasteiger partial charge in [0.15, 0.2) is 0 Å². The normalized spacial score (nSPS) is 12.5. The van der Waals surface area contributed by atoms with E-state index in [9.17, 15) is 14.3 Å². The van der Waals surface area contributed by atoms with E-state index >= 15 is 0 Å². The molecule has 0 bridgehead atoms. The molecule has 0 aliphatic heterocycles. The summed E-state index contributed by atoms with van der Waals surface area (Å²) in [5.74, 6) is -1.29. The highest BCUT2D eigenvalue weighted by atomic mass is 19.1. The third-order valence-electron chi connectivity index (χ3n) is 3.59. The average molecular weight is 284 g/mol. The van der Waals surface area contributed by atoms with Crippen molar-refractivity contribution in [3.8, 4) is 0 Å². The molecule has 0 spiro atoms. The molecule has 5 heteroatoms. The van der Waals surface area contributed by atoms with Crippen molar-refractivity contribution in [1.29, 1.82) is 0 Å². The molecule has 0 aliphatic carbocycles. The van der Waals surface area contributed by atoms with Gasteiger partial charge in [-0.2, -0.15) is 0 Å². The maximum atomic E-state index is 13.0. The predicted octanol–water partition coefficient (Wildman–Crippen LogP) is 3.48. The minimum absolute atomic E-state index is 0.143. The lowest BCUT2D eigenvalue weighted by Gasteiger charge is -2.16. The number of carboxylic acids is 1. The zero-order chi connectivity index (χ0) is 15.0. The number of aromatic carboxylic acids is 1. The van der Waals surface area contributed by atoms with Gasteiger partial charge in [0, 0.05) is 0 Å². The van der Waals surface area contributed by atoms with Crippen molar-refractivity contribution < 1.29 is 14.3 Å². The van der Waals surface area contributed by atoms with Gasteiger partial charge in [-0.15, -0.1) is 0 Å². The third kappa shape index (κ3) is 2.27. The lowest BCUT2D eigenvalue weighted by molar-refractivity contribution is 0.0698. The van der Waals surface area contributed by atoms with E-state index in [2.05, 4.69) is 4.98 Å². The molecular weight excluding hydrogens is 271 g/mol. The Labute approximate surface area is 120 Å². The second-order valence-corrected chi connectivity index (χ2v) is 4.86. The molecule has 0 saturated heterocycles. The van der Waals surface area contributed by atoms with Crippen molar-refractivity contribution in [1.82, 2.24) is 9.55 Å². The molecule has 0 fully saturated rings. The minimum atomic E-state index is -0.992. The molecule has 0 saturated carbocycles. The second kappa shape index (κ2) is 5.01. The smallest absolute Gasteiger partial charge is 0.337 e. The predicted molar refractivity (Wildman–Crippen MR) is 76.9 cm³/mol. The lowest BCUT2D eigenvalue weighted by atomic mass is 10.1. The van der Waals surface area contributed by atoms with Crippen LogP contribution in [-0.4, -0.2) is 20.6 Å². The number of hydrogen-bond acceptors (Lipinski definition) is 2. The Morgan fingerprint density at radius 2 is 1.95 bits per heavy atom. The molecule has 0 radical (unpaired) electrons. The summed E-state index contributed by atoms with van der Waals surface area (Å²) in [5, 5.41) is 9.32. The van der Waals surface area contributed by atoms with E-state index in [1.807, 2.05) is 6.92 Å². The number of para-hydroxylation sites is 1. The number of benzene rings is 2. The number of rotatable bonds is 3. The molecular formula is C16H13FN2O2. The van der Waals surface area contributed by atoms with E-state index in [1.165, 1.54) is 12.1 Å². The summed E-state index contributed by atoms with van der Waals surface area (Å²) in [6.07, 6.45) is 1.62. The molecule has 106 valence electrons. The average Bonchev–Trinajstić information content (AvgIpc) is 2.91. The molecule has 2 aromatic carbocycles. The van der Waals surface area contributed by atoms with Gasteiger partial charge in [-0.1, -0.05) is 18.2 Å². The fraction of sp³-hybridized carbons (Fsp3) is 0.125. The number of imidazole rings is 1. The highest BCUT2D eigenvalue weighted by Crippen LogP contribution is 2.26. The van der Waals surface area contributed by atoms with Gasteiger partial charge in [0.05, 0.1) is 29.0 Å². The molecule has 3 rings (SSSR count). The van der Waals surface area contributed by atoms with Crippen LogP contribution in [0.3, 0.4) is 0 Å². The first-order chi connectivity index (χ1) is 10.1. The fourth-order valence-corrected chi connectivity index (χ4v) is 2.46. The molecule has 21 heavy (non-hydrogen) atoms. The molecule has 1 heterocycles. The number of carbonyl (C=O) groups is 1. The van der Waals surface area contributed by atoms with E-state index in [0.717, 1.165) is 5.56 Å². The zero-order valence-electron chi connectivity index (χ0n) is 11.3. The van der Waals surface area contributed by atoms with Crippen molar-refractivity contribution in [2.24, 2.45) is 0 Å². The number of halogens is 1. The Kier molecular flexibility index (Phi) is 3.17. The molecule has 3 aromatic rings. The van der Waals surface area contributed by atoms with E-state index < -0.39 is 5.97 Å². The topological polar surface area (TPSA) is 55.1 Å². The van der Waals surface area contributed by atoms with Crippen LogP contribution in [0.2, 0.25) is 0 Å². The molecule has 4 nitrogen and oxygen atoms in total. The fourth-order valence-electron chi connectivity index (χ4n) is 2.46. The summed E-state index contributed by atoms with van der Waals surface area (Å²) in [5.41, 5.74) is 2.29. The van der Waals surface area contributed by atoms with Crippen LogP contribution in [0.5, 0.6) is 0 Å². The molecule has 1 N–H and O–H groups in total. The van der Waals surface area contributed by atoms with Crippen LogP contribution in [0.1, 0.15) is 28.9 Å². The van der Waals surface area contributed by atoms with Gasteiger partial charge in [-0.3, -0.25) is 0 Å². The Hall–Kier alpha value is -2.69. The summed E-state index contributed by atoms with van der Waals surface area (Å²) in [7, 11) is 0. The van der Waals surface area contributed by atoms with Crippen LogP contribution >= 0.6 is 0 Å². The minimum Gasteiger partial charge on any atom is -0.478 e. The number of hydrogen-bond donors (Lipinski definition) is 1. The SMILES string of the molecule is CC(c1ccc(F)cc1)n1cnc2cccc(C(=O)O)c21. The zero-order valence-corrected chi connectivity index (χ0v) is 11.3. The van der Waals surface area contributed by atoms with Gasteiger partial charge in [0.1, 0.15) is 5.82 Å². The van der Waals surface area contributed by atoms with Gasteiger partial charge in [-0.25, -0.2) is 14.2 Å². The third-order valence-corrected chi connectivity index (χ3v) is 3.59. The van der Waals surface area contributed by atoms with Crippen molar-refractivity contribution in [2.45, 2.75) is 13.0 Å². The first-order valence-corrected chi connectivity index (χ1v) is 6.52. The molecule has 1 unspecified atom stereocenters. The summed E-state index contributed by atoms with van der Waals surface area (Å²) < 4.78 is 14.8. The first kappa shape index (κ1) is 13.3. The lowest BCUT2D eigenvalue weighted by Crippen LogP contribution is -2.08. The van der Waals surface area contributed by atoms with Gasteiger partial charge in [0.25, 0.3) is 0 Å². The van der Waals surface area contributed by atoms with E-state index in [0.29, 0.717) is 11.0 Å². The Bertz CT molecular complexity index is 809. The van der Waals surface area contributed by atoms with E-state index in [-0.39, 0.29) is 17.4 Å². The largest absolute Gasteiger partial charge is 0.478 e. The second-order valence-electron chi connectivity index (χ2n) is 4.86. The van der Waals surface area contributed by atoms with Gasteiger partial charge < -0.3 is 9.67 Å². The summed E-state index contributed by atoms with van der Waals surface area (Å²) in [6, 6.07) is 11.0. The maximum Gasteiger partial charge on any atom is 0.337 e. The van der Waals surface area contributed by atoms with Crippen LogP contribution in [0.25, 0.3) is 11.0 Å². The van der Waals surface area contributed by atoms with Gasteiger partial charge >= 0.3 is 5.97 Å². The van der Waals surface area contributed by atoms with Gasteiger partial charge in [-0.05, 0) is 36.8 Å². The maximum absolute atomic E-state index is 13.0. The van der Waals surface area contributed by atoms with Crippen molar-refractivity contribution in [3.05, 3.63) is 65.7 Å². The highest BCUT2D eigenvalue weighted by molar-refractivity contribution is 6.01. The molecule has 0 amide bonds. The van der Waals surface area contributed by atoms with E-state index in [1.54, 1.807) is 41.2 Å². The van der Waals surface area contributed by atoms with Crippen LogP contribution in [0, 0.1) is 5.82 Å². The van der Waals surface area contributed by atoms with Crippen molar-refractivity contribution >= 4 is 17.0 Å². The van der Waals surface area contributed by atoms with Crippen LogP contribution in [-0.2, 0) is 0 Å². The first-order valence-electron chi connectivity index (χ1n) is 6.52. The van der Waals surface area contributed by atoms with Gasteiger partial charge in [0.2, 0.25) is 0 Å². The Balaban J connectivity index is 2.16. The summed E-state index contributed by atoms with van der Waals surface area (Å²) in [6.45, 7) is 1.92. The van der Waals surface area contributed by atoms with Crippen LogP contribution < -0.4 is 0 Å². The Morgan fingerprint density at radius 1 is 1.24 bits per heavy atom.